The maximum Gasteiger partial charge on any atom is 0.241 e. The molecule has 142 valence electrons. The van der Waals surface area contributed by atoms with Gasteiger partial charge in [-0.3, -0.25) is 4.79 Å². The third-order valence-corrected chi connectivity index (χ3v) is 6.56. The van der Waals surface area contributed by atoms with Crippen molar-refractivity contribution in [3.63, 3.8) is 0 Å². The van der Waals surface area contributed by atoms with E-state index in [1.54, 1.807) is 14.2 Å². The number of nitrogens with one attached hydrogen (secondary N) is 2. The van der Waals surface area contributed by atoms with Gasteiger partial charge in [0, 0.05) is 26.8 Å². The predicted molar refractivity (Wildman–Crippen MR) is 98.4 cm³/mol. The summed E-state index contributed by atoms with van der Waals surface area (Å²) < 4.78 is 11.5. The van der Waals surface area contributed by atoms with Gasteiger partial charge in [0.2, 0.25) is 5.91 Å². The van der Waals surface area contributed by atoms with Gasteiger partial charge < -0.3 is 14.4 Å². The van der Waals surface area contributed by atoms with Crippen molar-refractivity contribution in [2.45, 2.75) is 61.9 Å². The van der Waals surface area contributed by atoms with Crippen LogP contribution in [0.2, 0.25) is 0 Å². The number of hydrogen-bond donors (Lipinski definition) is 2. The average molecular weight is 359 g/mol. The highest BCUT2D eigenvalue weighted by Gasteiger charge is 2.53. The van der Waals surface area contributed by atoms with Crippen molar-refractivity contribution in [3.8, 4) is 0 Å². The summed E-state index contributed by atoms with van der Waals surface area (Å²) in [7, 11) is 3.55. The molecule has 4 rings (SSSR count). The summed E-state index contributed by atoms with van der Waals surface area (Å²) in [6, 6.07) is 10.4. The van der Waals surface area contributed by atoms with Gasteiger partial charge in [-0.2, -0.15) is 0 Å². The molecule has 1 aliphatic carbocycles. The fourth-order valence-electron chi connectivity index (χ4n) is 4.96. The van der Waals surface area contributed by atoms with Crippen LogP contribution in [-0.2, 0) is 14.3 Å². The molecule has 2 N–H and O–H groups in total. The quantitative estimate of drug-likeness (QED) is 0.858. The molecule has 1 amide bonds. The lowest BCUT2D eigenvalue weighted by molar-refractivity contribution is -0.142. The number of amides is 1. The van der Waals surface area contributed by atoms with Crippen molar-refractivity contribution >= 4 is 5.91 Å². The first-order valence-electron chi connectivity index (χ1n) is 9.61. The standard InChI is InChI=1S/C20H29N3O3/c1-25-15-8-9-20(26-2)10-11-23(18(20)12-15)19(24)17-13-16(21-22-17)14-6-4-3-5-7-14/h3-7,15-18,21-22H,8-13H2,1-2H3/t15-,16?,17?,18-,20+/m0/s1. The zero-order chi connectivity index (χ0) is 18.1. The first-order valence-corrected chi connectivity index (χ1v) is 9.61. The van der Waals surface area contributed by atoms with E-state index in [0.29, 0.717) is 0 Å². The van der Waals surface area contributed by atoms with E-state index in [1.165, 1.54) is 5.56 Å². The van der Waals surface area contributed by atoms with Crippen LogP contribution in [0.3, 0.4) is 0 Å². The van der Waals surface area contributed by atoms with Gasteiger partial charge in [0.1, 0.15) is 6.04 Å². The topological polar surface area (TPSA) is 62.8 Å². The Labute approximate surface area is 155 Å². The molecule has 2 aliphatic heterocycles. The zero-order valence-corrected chi connectivity index (χ0v) is 15.6. The van der Waals surface area contributed by atoms with Crippen LogP contribution in [0.25, 0.3) is 0 Å². The summed E-state index contributed by atoms with van der Waals surface area (Å²) in [5.74, 6) is 0.177. The number of nitrogens with zero attached hydrogens (tertiary/aromatic N) is 1. The van der Waals surface area contributed by atoms with Gasteiger partial charge in [0.05, 0.1) is 17.7 Å². The summed E-state index contributed by atoms with van der Waals surface area (Å²) in [4.78, 5) is 15.3. The molecular weight excluding hydrogens is 330 g/mol. The van der Waals surface area contributed by atoms with Gasteiger partial charge in [-0.05, 0) is 37.7 Å². The number of carbonyl (C=O) groups excluding carboxylic acids is 1. The van der Waals surface area contributed by atoms with E-state index in [2.05, 4.69) is 23.0 Å². The minimum Gasteiger partial charge on any atom is -0.381 e. The molecule has 26 heavy (non-hydrogen) atoms. The van der Waals surface area contributed by atoms with Crippen molar-refractivity contribution in [2.75, 3.05) is 20.8 Å². The Morgan fingerprint density at radius 2 is 1.96 bits per heavy atom. The van der Waals surface area contributed by atoms with Crippen LogP contribution in [0.4, 0.5) is 0 Å². The molecule has 3 fully saturated rings. The molecule has 6 heteroatoms. The van der Waals surface area contributed by atoms with Gasteiger partial charge in [-0.15, -0.1) is 0 Å². The Bertz CT molecular complexity index is 640. The van der Waals surface area contributed by atoms with Crippen LogP contribution in [0.5, 0.6) is 0 Å². The number of benzene rings is 1. The molecule has 0 radical (unpaired) electrons. The SMILES string of the molecule is CO[C@H]1CC[C@@]2(OC)CCN(C(=O)C3CC(c4ccccc4)NN3)[C@H]2C1. The number of hydrogen-bond acceptors (Lipinski definition) is 5. The highest BCUT2D eigenvalue weighted by molar-refractivity contribution is 5.83. The molecule has 2 heterocycles. The Morgan fingerprint density at radius 1 is 1.15 bits per heavy atom. The Hall–Kier alpha value is -1.47. The third-order valence-electron chi connectivity index (χ3n) is 6.56. The fraction of sp³-hybridized carbons (Fsp3) is 0.650. The van der Waals surface area contributed by atoms with E-state index in [-0.39, 0.29) is 35.7 Å². The van der Waals surface area contributed by atoms with Crippen LogP contribution in [0.1, 0.15) is 43.7 Å². The van der Waals surface area contributed by atoms with Crippen molar-refractivity contribution in [1.82, 2.24) is 15.8 Å². The largest absolute Gasteiger partial charge is 0.381 e. The molecule has 1 aromatic carbocycles. The zero-order valence-electron chi connectivity index (χ0n) is 15.6. The lowest BCUT2D eigenvalue weighted by Gasteiger charge is -2.43. The first-order chi connectivity index (χ1) is 12.7. The molecule has 3 aliphatic rings. The summed E-state index contributed by atoms with van der Waals surface area (Å²) in [6.45, 7) is 0.766. The molecule has 2 unspecified atom stereocenters. The number of likely N-dealkylation sites (tertiary alicyclic amines) is 1. The first kappa shape index (κ1) is 17.9. The average Bonchev–Trinajstić information content (AvgIpc) is 3.33. The predicted octanol–water partition coefficient (Wildman–Crippen LogP) is 1.78. The third kappa shape index (κ3) is 3.05. The second-order valence-corrected chi connectivity index (χ2v) is 7.74. The summed E-state index contributed by atoms with van der Waals surface area (Å²) in [6.07, 6.45) is 4.71. The van der Waals surface area contributed by atoms with E-state index < -0.39 is 0 Å². The fourth-order valence-corrected chi connectivity index (χ4v) is 4.96. The van der Waals surface area contributed by atoms with E-state index in [0.717, 1.165) is 38.6 Å². The molecule has 0 bridgehead atoms. The summed E-state index contributed by atoms with van der Waals surface area (Å²) in [5, 5.41) is 0. The van der Waals surface area contributed by atoms with Crippen LogP contribution in [-0.4, -0.2) is 55.4 Å². The molecule has 1 saturated carbocycles. The summed E-state index contributed by atoms with van der Waals surface area (Å²) >= 11 is 0. The van der Waals surface area contributed by atoms with E-state index in [9.17, 15) is 4.79 Å². The van der Waals surface area contributed by atoms with Crippen LogP contribution in [0.15, 0.2) is 30.3 Å². The minimum absolute atomic E-state index is 0.108. The lowest BCUT2D eigenvalue weighted by atomic mass is 9.79. The molecule has 0 aromatic heterocycles. The smallest absolute Gasteiger partial charge is 0.241 e. The Morgan fingerprint density at radius 3 is 2.69 bits per heavy atom. The van der Waals surface area contributed by atoms with Crippen molar-refractivity contribution < 1.29 is 14.3 Å². The van der Waals surface area contributed by atoms with Crippen molar-refractivity contribution in [3.05, 3.63) is 35.9 Å². The van der Waals surface area contributed by atoms with E-state index in [1.807, 2.05) is 23.1 Å². The molecular formula is C20H29N3O3. The number of fused-ring (bicyclic) bond motifs is 1. The van der Waals surface area contributed by atoms with Crippen molar-refractivity contribution in [2.24, 2.45) is 0 Å². The van der Waals surface area contributed by atoms with Gasteiger partial charge in [-0.1, -0.05) is 30.3 Å². The van der Waals surface area contributed by atoms with Crippen LogP contribution < -0.4 is 10.9 Å². The van der Waals surface area contributed by atoms with Crippen molar-refractivity contribution in [1.29, 1.82) is 0 Å². The molecule has 2 saturated heterocycles. The number of methoxy groups -OCH3 is 2. The molecule has 0 spiro atoms. The highest BCUT2D eigenvalue weighted by Crippen LogP contribution is 2.43. The van der Waals surface area contributed by atoms with Gasteiger partial charge in [0.15, 0.2) is 0 Å². The monoisotopic (exact) mass is 359 g/mol. The second-order valence-electron chi connectivity index (χ2n) is 7.74. The Kier molecular flexibility index (Phi) is 5.01. The normalized spacial score (nSPS) is 36.9. The molecule has 1 aromatic rings. The molecule has 6 nitrogen and oxygen atoms in total. The molecule has 5 atom stereocenters. The minimum atomic E-state index is -0.199. The van der Waals surface area contributed by atoms with E-state index in [4.69, 9.17) is 9.47 Å². The second kappa shape index (κ2) is 7.27. The lowest BCUT2D eigenvalue weighted by Crippen LogP contribution is -2.56. The van der Waals surface area contributed by atoms with E-state index >= 15 is 0 Å². The Balaban J connectivity index is 1.46. The number of rotatable bonds is 4. The van der Waals surface area contributed by atoms with Gasteiger partial charge >= 0.3 is 0 Å². The number of hydrazine groups is 1. The number of carbonyl (C=O) groups is 1. The maximum atomic E-state index is 13.3. The van der Waals surface area contributed by atoms with Crippen LogP contribution in [0, 0.1) is 0 Å². The number of ether oxygens (including phenoxy) is 2. The summed E-state index contributed by atoms with van der Waals surface area (Å²) in [5.41, 5.74) is 7.52. The highest BCUT2D eigenvalue weighted by atomic mass is 16.5. The van der Waals surface area contributed by atoms with Gasteiger partial charge in [-0.25, -0.2) is 10.9 Å². The van der Waals surface area contributed by atoms with Gasteiger partial charge in [0.25, 0.3) is 0 Å². The maximum absolute atomic E-state index is 13.3. The van der Waals surface area contributed by atoms with Crippen LogP contribution >= 0.6 is 0 Å².